The van der Waals surface area contributed by atoms with Gasteiger partial charge in [-0.05, 0) is 113 Å². The maximum Gasteiger partial charge on any atom is 0.335 e. The Morgan fingerprint density at radius 2 is 1.88 bits per heavy atom. The van der Waals surface area contributed by atoms with Gasteiger partial charge in [-0.1, -0.05) is 13.8 Å². The Morgan fingerprint density at radius 1 is 1.06 bits per heavy atom. The zero-order chi connectivity index (χ0) is 23.4. The van der Waals surface area contributed by atoms with Crippen molar-refractivity contribution < 1.29 is 9.52 Å². The van der Waals surface area contributed by atoms with Gasteiger partial charge in [0.2, 0.25) is 0 Å². The summed E-state index contributed by atoms with van der Waals surface area (Å²) in [7, 11) is 4.29. The molecule has 4 aliphatic carbocycles. The molecule has 5 rings (SSSR count). The number of aliphatic hydroxyl groups is 1. The molecule has 4 aliphatic rings. The molecule has 0 aromatic carbocycles. The number of hydrogen-bond acceptors (Lipinski definition) is 5. The number of fused-ring (bicyclic) bond motifs is 5. The quantitative estimate of drug-likeness (QED) is 0.687. The summed E-state index contributed by atoms with van der Waals surface area (Å²) in [6, 6.07) is 4.13. The molecule has 184 valence electrons. The van der Waals surface area contributed by atoms with Crippen molar-refractivity contribution >= 4 is 0 Å². The Morgan fingerprint density at radius 3 is 2.61 bits per heavy atom. The van der Waals surface area contributed by atoms with Crippen LogP contribution in [0.25, 0.3) is 0 Å². The predicted octanol–water partition coefficient (Wildman–Crippen LogP) is 4.40. The van der Waals surface area contributed by atoms with Crippen LogP contribution >= 0.6 is 0 Å². The van der Waals surface area contributed by atoms with Crippen LogP contribution in [0.2, 0.25) is 0 Å². The summed E-state index contributed by atoms with van der Waals surface area (Å²) < 4.78 is 5.23. The molecule has 0 radical (unpaired) electrons. The van der Waals surface area contributed by atoms with Gasteiger partial charge in [-0.3, -0.25) is 0 Å². The molecule has 0 saturated heterocycles. The first-order valence-electron chi connectivity index (χ1n) is 13.4. The molecule has 4 unspecified atom stereocenters. The molecule has 1 heterocycles. The van der Waals surface area contributed by atoms with Crippen molar-refractivity contribution in [3.05, 3.63) is 34.4 Å². The Balaban J connectivity index is 1.33. The Bertz CT molecular complexity index is 894. The van der Waals surface area contributed by atoms with Crippen LogP contribution in [0.4, 0.5) is 0 Å². The molecular formula is C28H44N2O3. The third kappa shape index (κ3) is 3.73. The minimum Gasteiger partial charge on any atom is -0.431 e. The Labute approximate surface area is 199 Å². The summed E-state index contributed by atoms with van der Waals surface area (Å²) in [5.74, 6) is 2.08. The van der Waals surface area contributed by atoms with Crippen molar-refractivity contribution in [2.24, 2.45) is 28.6 Å². The maximum atomic E-state index is 12.4. The van der Waals surface area contributed by atoms with Gasteiger partial charge in [-0.15, -0.1) is 0 Å². The Kier molecular flexibility index (Phi) is 6.07. The molecule has 0 bridgehead atoms. The van der Waals surface area contributed by atoms with Gasteiger partial charge in [0, 0.05) is 30.6 Å². The first-order valence-corrected chi connectivity index (χ1v) is 13.4. The van der Waals surface area contributed by atoms with E-state index in [0.29, 0.717) is 23.3 Å². The third-order valence-electron chi connectivity index (χ3n) is 11.0. The topological polar surface area (TPSA) is 65.7 Å². The second kappa shape index (κ2) is 8.49. The number of nitrogens with zero attached hydrogens (tertiary/aromatic N) is 1. The minimum atomic E-state index is -0.606. The van der Waals surface area contributed by atoms with Gasteiger partial charge in [-0.2, -0.15) is 0 Å². The van der Waals surface area contributed by atoms with Crippen LogP contribution in [0.3, 0.4) is 0 Å². The molecule has 0 amide bonds. The molecule has 1 aromatic rings. The third-order valence-corrected chi connectivity index (χ3v) is 11.0. The van der Waals surface area contributed by atoms with E-state index in [1.807, 2.05) is 6.07 Å². The lowest BCUT2D eigenvalue weighted by molar-refractivity contribution is -0.202. The van der Waals surface area contributed by atoms with E-state index in [1.165, 1.54) is 32.1 Å². The Hall–Kier alpha value is -1.17. The van der Waals surface area contributed by atoms with Crippen molar-refractivity contribution in [1.82, 2.24) is 10.2 Å². The van der Waals surface area contributed by atoms with Gasteiger partial charge < -0.3 is 19.7 Å². The molecule has 4 fully saturated rings. The lowest BCUT2D eigenvalue weighted by Gasteiger charge is -2.64. The van der Waals surface area contributed by atoms with Gasteiger partial charge in [0.25, 0.3) is 0 Å². The van der Waals surface area contributed by atoms with Gasteiger partial charge in [0.15, 0.2) is 0 Å². The van der Waals surface area contributed by atoms with Crippen LogP contribution in [0.1, 0.15) is 83.1 Å². The molecule has 5 heteroatoms. The number of rotatable bonds is 5. The van der Waals surface area contributed by atoms with Crippen LogP contribution in [-0.2, 0) is 0 Å². The molecule has 0 aliphatic heterocycles. The van der Waals surface area contributed by atoms with E-state index in [9.17, 15) is 9.90 Å². The SMILES string of the molecule is CN(C)CCNC1CC[C@@]2(C)C(CCC3C2CC[C@]2(C)[C@@H](c4ccc(=O)oc4)CC[C@]32O)C1. The van der Waals surface area contributed by atoms with Gasteiger partial charge in [0.1, 0.15) is 0 Å². The smallest absolute Gasteiger partial charge is 0.335 e. The summed E-state index contributed by atoms with van der Waals surface area (Å²) in [4.78, 5) is 13.8. The summed E-state index contributed by atoms with van der Waals surface area (Å²) in [5, 5.41) is 16.2. The van der Waals surface area contributed by atoms with Crippen LogP contribution < -0.4 is 10.9 Å². The average molecular weight is 457 g/mol. The first kappa shape index (κ1) is 23.6. The van der Waals surface area contributed by atoms with E-state index in [1.54, 1.807) is 12.3 Å². The number of hydrogen-bond donors (Lipinski definition) is 2. The van der Waals surface area contributed by atoms with E-state index < -0.39 is 5.60 Å². The van der Waals surface area contributed by atoms with Crippen LogP contribution in [0.15, 0.2) is 27.6 Å². The van der Waals surface area contributed by atoms with E-state index in [2.05, 4.69) is 38.2 Å². The highest BCUT2D eigenvalue weighted by molar-refractivity contribution is 5.27. The lowest BCUT2D eigenvalue weighted by Crippen LogP contribution is -2.62. The molecule has 33 heavy (non-hydrogen) atoms. The zero-order valence-corrected chi connectivity index (χ0v) is 21.1. The molecule has 8 atom stereocenters. The fraction of sp³-hybridized carbons (Fsp3) is 0.821. The predicted molar refractivity (Wildman–Crippen MR) is 131 cm³/mol. The van der Waals surface area contributed by atoms with Gasteiger partial charge in [-0.25, -0.2) is 4.79 Å². The lowest BCUT2D eigenvalue weighted by atomic mass is 9.43. The first-order chi connectivity index (χ1) is 15.7. The van der Waals surface area contributed by atoms with Crippen LogP contribution in [0.5, 0.6) is 0 Å². The number of likely N-dealkylation sites (N-methyl/N-ethyl adjacent to an activating group) is 1. The van der Waals surface area contributed by atoms with Crippen molar-refractivity contribution in [3.8, 4) is 0 Å². The summed E-state index contributed by atoms with van der Waals surface area (Å²) in [6.07, 6.45) is 12.1. The fourth-order valence-corrected chi connectivity index (χ4v) is 9.00. The number of nitrogens with one attached hydrogen (secondary N) is 1. The van der Waals surface area contributed by atoms with Crippen molar-refractivity contribution in [2.45, 2.75) is 89.2 Å². The van der Waals surface area contributed by atoms with E-state index in [4.69, 9.17) is 4.42 Å². The van der Waals surface area contributed by atoms with E-state index in [0.717, 1.165) is 50.3 Å². The summed E-state index contributed by atoms with van der Waals surface area (Å²) in [5.41, 5.74) is 0.417. The maximum absolute atomic E-state index is 12.4. The highest BCUT2D eigenvalue weighted by Gasteiger charge is 2.67. The van der Waals surface area contributed by atoms with Crippen LogP contribution in [0, 0.1) is 28.6 Å². The van der Waals surface area contributed by atoms with E-state index in [-0.39, 0.29) is 17.0 Å². The normalized spacial score (nSPS) is 44.8. The van der Waals surface area contributed by atoms with Crippen molar-refractivity contribution in [3.63, 3.8) is 0 Å². The summed E-state index contributed by atoms with van der Waals surface area (Å²) >= 11 is 0. The molecular weight excluding hydrogens is 412 g/mol. The standard InChI is InChI=1S/C28H44N2O3/c1-26-12-9-21(29-15-16-30(3)4)17-20(26)6-7-24-23(26)10-13-27(2)22(11-14-28(24,27)32)19-5-8-25(31)33-18-19/h5,8,18,20-24,29,32H,6-7,9-17H2,1-4H3/t20?,21?,22-,23?,24?,26+,27-,28+/m1/s1. The molecule has 1 aromatic heterocycles. The largest absolute Gasteiger partial charge is 0.431 e. The molecule has 0 spiro atoms. The van der Waals surface area contributed by atoms with Gasteiger partial charge in [0.05, 0.1) is 11.9 Å². The monoisotopic (exact) mass is 456 g/mol. The highest BCUT2D eigenvalue weighted by Crippen LogP contribution is 2.70. The zero-order valence-electron chi connectivity index (χ0n) is 21.1. The average Bonchev–Trinajstić information content (AvgIpc) is 3.05. The van der Waals surface area contributed by atoms with Crippen LogP contribution in [-0.4, -0.2) is 48.8 Å². The van der Waals surface area contributed by atoms with Crippen molar-refractivity contribution in [1.29, 1.82) is 0 Å². The summed E-state index contributed by atoms with van der Waals surface area (Å²) in [6.45, 7) is 7.06. The minimum absolute atomic E-state index is 0.137. The molecule has 2 N–H and O–H groups in total. The second-order valence-electron chi connectivity index (χ2n) is 12.6. The molecule has 5 nitrogen and oxygen atoms in total. The van der Waals surface area contributed by atoms with E-state index >= 15 is 0 Å². The molecule has 4 saturated carbocycles. The fourth-order valence-electron chi connectivity index (χ4n) is 9.00. The second-order valence-corrected chi connectivity index (χ2v) is 12.6. The van der Waals surface area contributed by atoms with Gasteiger partial charge >= 0.3 is 5.63 Å². The highest BCUT2D eigenvalue weighted by atomic mass is 16.4. The van der Waals surface area contributed by atoms with Crippen molar-refractivity contribution in [2.75, 3.05) is 27.2 Å².